The minimum Gasteiger partial charge on any atom is -0.369 e. The molecule has 2 atom stereocenters. The van der Waals surface area contributed by atoms with Crippen LogP contribution in [0.25, 0.3) is 0 Å². The highest BCUT2D eigenvalue weighted by atomic mass is 16.1. The van der Waals surface area contributed by atoms with Gasteiger partial charge in [-0.15, -0.1) is 0 Å². The molecule has 1 heterocycles. The van der Waals surface area contributed by atoms with Crippen molar-refractivity contribution in [2.24, 2.45) is 0 Å². The summed E-state index contributed by atoms with van der Waals surface area (Å²) in [5.41, 5.74) is 3.23. The fourth-order valence-corrected chi connectivity index (χ4v) is 3.58. The van der Waals surface area contributed by atoms with Gasteiger partial charge >= 0.3 is 0 Å². The van der Waals surface area contributed by atoms with Crippen LogP contribution in [-0.2, 0) is 0 Å². The molecule has 0 radical (unpaired) electrons. The number of anilines is 1. The summed E-state index contributed by atoms with van der Waals surface area (Å²) in [7, 11) is 2.15. The minimum atomic E-state index is 0.0411. The van der Waals surface area contributed by atoms with Gasteiger partial charge in [-0.05, 0) is 37.2 Å². The van der Waals surface area contributed by atoms with E-state index in [1.54, 1.807) is 0 Å². The van der Waals surface area contributed by atoms with Gasteiger partial charge < -0.3 is 15.1 Å². The monoisotopic (exact) mass is 335 g/mol. The third kappa shape index (κ3) is 3.69. The average Bonchev–Trinajstić information content (AvgIpc) is 3.42. The molecular weight excluding hydrogens is 310 g/mol. The Morgan fingerprint density at radius 3 is 2.52 bits per heavy atom. The highest BCUT2D eigenvalue weighted by molar-refractivity contribution is 5.95. The molecule has 4 heteroatoms. The number of hydrogen-bond acceptors (Lipinski definition) is 3. The van der Waals surface area contributed by atoms with Gasteiger partial charge in [0.05, 0.1) is 0 Å². The Hall–Kier alpha value is -2.33. The van der Waals surface area contributed by atoms with Crippen molar-refractivity contribution in [3.8, 4) is 0 Å². The molecule has 4 nitrogen and oxygen atoms in total. The molecule has 0 bridgehead atoms. The Labute approximate surface area is 149 Å². The molecule has 2 fully saturated rings. The topological polar surface area (TPSA) is 35.6 Å². The van der Waals surface area contributed by atoms with E-state index < -0.39 is 0 Å². The van der Waals surface area contributed by atoms with Gasteiger partial charge in [0.2, 0.25) is 0 Å². The molecule has 1 saturated carbocycles. The zero-order valence-corrected chi connectivity index (χ0v) is 14.7. The normalized spacial score (nSPS) is 23.3. The molecule has 1 aliphatic heterocycles. The van der Waals surface area contributed by atoms with E-state index in [4.69, 9.17) is 0 Å². The SMILES string of the molecule is CN1CCN(c2cccc(C(=O)NC3CC3c3ccccc3)c2)CC1. The molecule has 0 spiro atoms. The molecule has 25 heavy (non-hydrogen) atoms. The van der Waals surface area contributed by atoms with E-state index >= 15 is 0 Å². The van der Waals surface area contributed by atoms with Crippen LogP contribution in [0.2, 0.25) is 0 Å². The van der Waals surface area contributed by atoms with E-state index in [0.717, 1.165) is 43.9 Å². The van der Waals surface area contributed by atoms with E-state index in [9.17, 15) is 4.79 Å². The van der Waals surface area contributed by atoms with Crippen LogP contribution in [0.15, 0.2) is 54.6 Å². The summed E-state index contributed by atoms with van der Waals surface area (Å²) in [6.07, 6.45) is 1.04. The van der Waals surface area contributed by atoms with Crippen molar-refractivity contribution in [1.29, 1.82) is 0 Å². The van der Waals surface area contributed by atoms with Crippen molar-refractivity contribution < 1.29 is 4.79 Å². The Bertz CT molecular complexity index is 738. The van der Waals surface area contributed by atoms with Crippen LogP contribution >= 0.6 is 0 Å². The Kier molecular flexibility index (Phi) is 4.45. The van der Waals surface area contributed by atoms with Gasteiger partial charge in [0, 0.05) is 49.4 Å². The quantitative estimate of drug-likeness (QED) is 0.933. The lowest BCUT2D eigenvalue weighted by atomic mass is 10.1. The fraction of sp³-hybridized carbons (Fsp3) is 0.381. The lowest BCUT2D eigenvalue weighted by Gasteiger charge is -2.34. The van der Waals surface area contributed by atoms with Crippen molar-refractivity contribution in [3.05, 3.63) is 65.7 Å². The first kappa shape index (κ1) is 16.2. The zero-order valence-electron chi connectivity index (χ0n) is 14.7. The van der Waals surface area contributed by atoms with Crippen LogP contribution in [0.3, 0.4) is 0 Å². The van der Waals surface area contributed by atoms with E-state index in [0.29, 0.717) is 5.92 Å². The number of carbonyl (C=O) groups is 1. The second-order valence-corrected chi connectivity index (χ2v) is 7.17. The van der Waals surface area contributed by atoms with Gasteiger partial charge in [0.25, 0.3) is 5.91 Å². The first-order valence-electron chi connectivity index (χ1n) is 9.10. The molecule has 1 N–H and O–H groups in total. The number of rotatable bonds is 4. The molecule has 1 aliphatic carbocycles. The van der Waals surface area contributed by atoms with Crippen LogP contribution < -0.4 is 10.2 Å². The summed E-state index contributed by atoms with van der Waals surface area (Å²) in [6.45, 7) is 4.16. The van der Waals surface area contributed by atoms with Crippen molar-refractivity contribution in [3.63, 3.8) is 0 Å². The van der Waals surface area contributed by atoms with Gasteiger partial charge in [0.1, 0.15) is 0 Å². The molecule has 2 unspecified atom stereocenters. The van der Waals surface area contributed by atoms with Crippen LogP contribution in [0, 0.1) is 0 Å². The minimum absolute atomic E-state index is 0.0411. The third-order valence-corrected chi connectivity index (χ3v) is 5.31. The van der Waals surface area contributed by atoms with Crippen molar-refractivity contribution >= 4 is 11.6 Å². The summed E-state index contributed by atoms with van der Waals surface area (Å²) < 4.78 is 0. The molecule has 2 aromatic rings. The van der Waals surface area contributed by atoms with Crippen molar-refractivity contribution in [2.45, 2.75) is 18.4 Å². The maximum Gasteiger partial charge on any atom is 0.251 e. The van der Waals surface area contributed by atoms with Gasteiger partial charge in [-0.25, -0.2) is 0 Å². The standard InChI is InChI=1S/C21H25N3O/c1-23-10-12-24(13-11-23)18-9-5-8-17(14-18)21(25)22-20-15-19(20)16-6-3-2-4-7-16/h2-9,14,19-20H,10-13,15H2,1H3,(H,22,25). The van der Waals surface area contributed by atoms with Crippen LogP contribution in [0.5, 0.6) is 0 Å². The lowest BCUT2D eigenvalue weighted by Crippen LogP contribution is -2.44. The van der Waals surface area contributed by atoms with Gasteiger partial charge in [0.15, 0.2) is 0 Å². The summed E-state index contributed by atoms with van der Waals surface area (Å²) in [6, 6.07) is 18.7. The predicted molar refractivity (Wildman–Crippen MR) is 101 cm³/mol. The summed E-state index contributed by atoms with van der Waals surface area (Å²) >= 11 is 0. The van der Waals surface area contributed by atoms with E-state index in [1.165, 1.54) is 5.56 Å². The Balaban J connectivity index is 1.39. The second-order valence-electron chi connectivity index (χ2n) is 7.17. The number of nitrogens with zero attached hydrogens (tertiary/aromatic N) is 2. The molecule has 0 aromatic heterocycles. The first-order chi connectivity index (χ1) is 12.2. The Morgan fingerprint density at radius 1 is 1.00 bits per heavy atom. The molecule has 2 aromatic carbocycles. The lowest BCUT2D eigenvalue weighted by molar-refractivity contribution is 0.0950. The van der Waals surface area contributed by atoms with Gasteiger partial charge in [-0.2, -0.15) is 0 Å². The number of benzene rings is 2. The molecule has 1 amide bonds. The van der Waals surface area contributed by atoms with Crippen molar-refractivity contribution in [2.75, 3.05) is 38.1 Å². The molecular formula is C21H25N3O. The highest BCUT2D eigenvalue weighted by Crippen LogP contribution is 2.40. The van der Waals surface area contributed by atoms with Crippen LogP contribution in [0.1, 0.15) is 28.3 Å². The number of nitrogens with one attached hydrogen (secondary N) is 1. The summed E-state index contributed by atoms with van der Waals surface area (Å²) in [4.78, 5) is 17.3. The number of piperazine rings is 1. The third-order valence-electron chi connectivity index (χ3n) is 5.31. The van der Waals surface area contributed by atoms with Crippen LogP contribution in [-0.4, -0.2) is 50.1 Å². The van der Waals surface area contributed by atoms with Gasteiger partial charge in [-0.1, -0.05) is 36.4 Å². The second kappa shape index (κ2) is 6.89. The van der Waals surface area contributed by atoms with Gasteiger partial charge in [-0.3, -0.25) is 4.79 Å². The smallest absolute Gasteiger partial charge is 0.251 e. The molecule has 1 saturated heterocycles. The first-order valence-corrected chi connectivity index (χ1v) is 9.10. The largest absolute Gasteiger partial charge is 0.369 e. The molecule has 2 aliphatic rings. The van der Waals surface area contributed by atoms with Crippen LogP contribution in [0.4, 0.5) is 5.69 Å². The number of hydrogen-bond donors (Lipinski definition) is 1. The predicted octanol–water partition coefficient (Wildman–Crippen LogP) is 2.72. The Morgan fingerprint density at radius 2 is 1.76 bits per heavy atom. The highest BCUT2D eigenvalue weighted by Gasteiger charge is 2.39. The van der Waals surface area contributed by atoms with Crippen molar-refractivity contribution in [1.82, 2.24) is 10.2 Å². The summed E-state index contributed by atoms with van der Waals surface area (Å²) in [5, 5.41) is 3.19. The molecule has 130 valence electrons. The van der Waals surface area contributed by atoms with E-state index in [1.807, 2.05) is 24.3 Å². The number of likely N-dealkylation sites (N-methyl/N-ethyl adjacent to an activating group) is 1. The fourth-order valence-electron chi connectivity index (χ4n) is 3.58. The molecule has 4 rings (SSSR count). The van der Waals surface area contributed by atoms with E-state index in [-0.39, 0.29) is 11.9 Å². The maximum absolute atomic E-state index is 12.6. The zero-order chi connectivity index (χ0) is 17.2. The van der Waals surface area contributed by atoms with E-state index in [2.05, 4.69) is 52.5 Å². The number of carbonyl (C=O) groups excluding carboxylic acids is 1. The average molecular weight is 335 g/mol. The maximum atomic E-state index is 12.6. The summed E-state index contributed by atoms with van der Waals surface area (Å²) in [5.74, 6) is 0.505. The number of amides is 1.